The van der Waals surface area contributed by atoms with E-state index in [0.29, 0.717) is 34.7 Å². The molecule has 166 valence electrons. The standard InChI is InChI=1S/C18H20BrN5O5S2/c1-28-8-9-29-15-7-2-11(10-14(15)19)16(25)23-18(30)22-12-3-5-13(6-4-12)31(26,27)24-17(20)21/h2-7,10H,8-9H2,1H3,(H4,20,21,24)(H2,22,23,25,30). The van der Waals surface area contributed by atoms with Crippen molar-refractivity contribution in [1.82, 2.24) is 5.32 Å². The quantitative estimate of drug-likeness (QED) is 0.172. The van der Waals surface area contributed by atoms with Crippen LogP contribution >= 0.6 is 28.1 Å². The largest absolute Gasteiger partial charge is 0.490 e. The fourth-order valence-corrected chi connectivity index (χ4v) is 3.80. The lowest BCUT2D eigenvalue weighted by Crippen LogP contribution is -2.34. The van der Waals surface area contributed by atoms with Gasteiger partial charge in [0.05, 0.1) is 16.0 Å². The maximum Gasteiger partial charge on any atom is 0.285 e. The number of benzene rings is 2. The predicted molar refractivity (Wildman–Crippen MR) is 125 cm³/mol. The molecule has 1 amide bonds. The van der Waals surface area contributed by atoms with Crippen molar-refractivity contribution in [3.8, 4) is 5.75 Å². The van der Waals surface area contributed by atoms with Gasteiger partial charge in [0.1, 0.15) is 12.4 Å². The Morgan fingerprint density at radius 2 is 1.84 bits per heavy atom. The number of nitrogens with one attached hydrogen (secondary N) is 2. The Kier molecular flexibility index (Phi) is 8.74. The summed E-state index contributed by atoms with van der Waals surface area (Å²) >= 11 is 8.50. The molecule has 0 aliphatic carbocycles. The molecular weight excluding hydrogens is 510 g/mol. The highest BCUT2D eigenvalue weighted by Crippen LogP contribution is 2.26. The van der Waals surface area contributed by atoms with Crippen LogP contribution in [0.15, 0.2) is 56.2 Å². The summed E-state index contributed by atoms with van der Waals surface area (Å²) in [5.41, 5.74) is 11.0. The molecule has 31 heavy (non-hydrogen) atoms. The number of ether oxygens (including phenoxy) is 2. The van der Waals surface area contributed by atoms with Crippen molar-refractivity contribution >= 4 is 60.8 Å². The molecule has 0 bridgehead atoms. The van der Waals surface area contributed by atoms with E-state index in [1.807, 2.05) is 0 Å². The number of nitrogens with zero attached hydrogens (tertiary/aromatic N) is 1. The highest BCUT2D eigenvalue weighted by molar-refractivity contribution is 9.10. The smallest absolute Gasteiger partial charge is 0.285 e. The number of rotatable bonds is 8. The second-order valence-electron chi connectivity index (χ2n) is 5.91. The minimum atomic E-state index is -3.99. The Labute approximate surface area is 193 Å². The Hall–Kier alpha value is -2.74. The first kappa shape index (κ1) is 24.5. The number of nitrogens with two attached hydrogens (primary N) is 2. The number of halogens is 1. The molecule has 0 aliphatic rings. The zero-order chi connectivity index (χ0) is 23.0. The first-order valence-corrected chi connectivity index (χ1v) is 11.3. The van der Waals surface area contributed by atoms with Crippen LogP contribution < -0.4 is 26.8 Å². The van der Waals surface area contributed by atoms with Gasteiger partial charge in [-0.2, -0.15) is 8.42 Å². The molecule has 0 spiro atoms. The third-order valence-corrected chi connectivity index (χ3v) is 5.74. The molecule has 2 aromatic rings. The van der Waals surface area contributed by atoms with Crippen molar-refractivity contribution < 1.29 is 22.7 Å². The average Bonchev–Trinajstić information content (AvgIpc) is 2.68. The summed E-state index contributed by atoms with van der Waals surface area (Å²) in [6.07, 6.45) is 0. The summed E-state index contributed by atoms with van der Waals surface area (Å²) in [7, 11) is -2.41. The van der Waals surface area contributed by atoms with Gasteiger partial charge in [0, 0.05) is 18.4 Å². The van der Waals surface area contributed by atoms with Crippen molar-refractivity contribution in [3.63, 3.8) is 0 Å². The van der Waals surface area contributed by atoms with Crippen molar-refractivity contribution in [2.24, 2.45) is 15.9 Å². The SMILES string of the molecule is COCCOc1ccc(C(=O)NC(=S)Nc2ccc(S(=O)(=O)N=C(N)N)cc2)cc1Br. The predicted octanol–water partition coefficient (Wildman–Crippen LogP) is 1.56. The van der Waals surface area contributed by atoms with Crippen LogP contribution in [0.25, 0.3) is 0 Å². The zero-order valence-electron chi connectivity index (χ0n) is 16.3. The topological polar surface area (TPSA) is 158 Å². The van der Waals surface area contributed by atoms with Gasteiger partial charge >= 0.3 is 0 Å². The molecule has 0 heterocycles. The fraction of sp³-hybridized carbons (Fsp3) is 0.167. The van der Waals surface area contributed by atoms with Crippen LogP contribution in [-0.4, -0.2) is 45.7 Å². The highest BCUT2D eigenvalue weighted by Gasteiger charge is 2.14. The second kappa shape index (κ2) is 11.0. The number of methoxy groups -OCH3 is 1. The maximum atomic E-state index is 12.4. The Morgan fingerprint density at radius 3 is 2.42 bits per heavy atom. The molecular formula is C18H20BrN5O5S2. The number of guanidine groups is 1. The van der Waals surface area contributed by atoms with Crippen LogP contribution in [0.4, 0.5) is 5.69 Å². The van der Waals surface area contributed by atoms with E-state index in [1.54, 1.807) is 25.3 Å². The number of thiocarbonyl (C=S) groups is 1. The van der Waals surface area contributed by atoms with E-state index in [0.717, 1.165) is 0 Å². The van der Waals surface area contributed by atoms with Crippen molar-refractivity contribution in [1.29, 1.82) is 0 Å². The van der Waals surface area contributed by atoms with Crippen LogP contribution in [0, 0.1) is 0 Å². The van der Waals surface area contributed by atoms with E-state index in [4.69, 9.17) is 33.2 Å². The third kappa shape index (κ3) is 7.47. The van der Waals surface area contributed by atoms with Gasteiger partial charge in [0.2, 0.25) is 5.96 Å². The monoisotopic (exact) mass is 529 g/mol. The fourth-order valence-electron chi connectivity index (χ4n) is 2.23. The van der Waals surface area contributed by atoms with E-state index < -0.39 is 21.9 Å². The molecule has 6 N–H and O–H groups in total. The first-order valence-electron chi connectivity index (χ1n) is 8.62. The van der Waals surface area contributed by atoms with E-state index in [-0.39, 0.29) is 10.0 Å². The number of carbonyl (C=O) groups is 1. The summed E-state index contributed by atoms with van der Waals surface area (Å²) in [6, 6.07) is 10.4. The molecule has 2 rings (SSSR count). The number of hydrogen-bond acceptors (Lipinski definition) is 6. The van der Waals surface area contributed by atoms with Crippen molar-refractivity contribution in [2.45, 2.75) is 4.90 Å². The molecule has 13 heteroatoms. The lowest BCUT2D eigenvalue weighted by Gasteiger charge is -2.12. The van der Waals surface area contributed by atoms with Gasteiger partial charge in [-0.25, -0.2) is 0 Å². The minimum Gasteiger partial charge on any atom is -0.490 e. The maximum absolute atomic E-state index is 12.4. The molecule has 0 aromatic heterocycles. The molecule has 0 unspecified atom stereocenters. The van der Waals surface area contributed by atoms with Gasteiger partial charge in [-0.1, -0.05) is 0 Å². The van der Waals surface area contributed by atoms with Gasteiger partial charge in [-0.3, -0.25) is 10.1 Å². The number of sulfonamides is 1. The van der Waals surface area contributed by atoms with Crippen molar-refractivity contribution in [2.75, 3.05) is 25.6 Å². The van der Waals surface area contributed by atoms with E-state index in [2.05, 4.69) is 31.0 Å². The lowest BCUT2D eigenvalue weighted by molar-refractivity contribution is 0.0977. The molecule has 0 saturated heterocycles. The molecule has 0 atom stereocenters. The van der Waals surface area contributed by atoms with Gasteiger partial charge in [0.15, 0.2) is 5.11 Å². The average molecular weight is 530 g/mol. The summed E-state index contributed by atoms with van der Waals surface area (Å²) in [4.78, 5) is 12.3. The highest BCUT2D eigenvalue weighted by atomic mass is 79.9. The summed E-state index contributed by atoms with van der Waals surface area (Å²) in [5.74, 6) is -0.425. The van der Waals surface area contributed by atoms with E-state index >= 15 is 0 Å². The van der Waals surface area contributed by atoms with Gasteiger partial charge in [0.25, 0.3) is 15.9 Å². The number of amides is 1. The summed E-state index contributed by atoms with van der Waals surface area (Å²) in [5, 5.41) is 5.36. The van der Waals surface area contributed by atoms with Crippen molar-refractivity contribution in [3.05, 3.63) is 52.5 Å². The molecule has 0 saturated carbocycles. The first-order chi connectivity index (χ1) is 14.6. The Balaban J connectivity index is 1.99. The number of carbonyl (C=O) groups excluding carboxylic acids is 1. The third-order valence-electron chi connectivity index (χ3n) is 3.60. The van der Waals surface area contributed by atoms with Crippen LogP contribution in [0.3, 0.4) is 0 Å². The Morgan fingerprint density at radius 1 is 1.16 bits per heavy atom. The van der Waals surface area contributed by atoms with Crippen LogP contribution in [0.1, 0.15) is 10.4 Å². The second-order valence-corrected chi connectivity index (χ2v) is 8.78. The van der Waals surface area contributed by atoms with Gasteiger partial charge in [-0.05, 0) is 70.6 Å². The molecule has 2 aromatic carbocycles. The Bertz CT molecular complexity index is 1090. The van der Waals surface area contributed by atoms with Gasteiger partial charge in [-0.15, -0.1) is 4.40 Å². The van der Waals surface area contributed by atoms with E-state index in [1.165, 1.54) is 24.3 Å². The van der Waals surface area contributed by atoms with Crippen LogP contribution in [-0.2, 0) is 14.8 Å². The van der Waals surface area contributed by atoms with E-state index in [9.17, 15) is 13.2 Å². The zero-order valence-corrected chi connectivity index (χ0v) is 19.5. The number of hydrogen-bond donors (Lipinski definition) is 4. The number of anilines is 1. The molecule has 0 fully saturated rings. The summed E-state index contributed by atoms with van der Waals surface area (Å²) < 4.78 is 38.1. The lowest BCUT2D eigenvalue weighted by atomic mass is 10.2. The minimum absolute atomic E-state index is 0.0291. The van der Waals surface area contributed by atoms with Gasteiger partial charge < -0.3 is 26.3 Å². The molecule has 0 radical (unpaired) electrons. The summed E-state index contributed by atoms with van der Waals surface area (Å²) in [6.45, 7) is 0.816. The van der Waals surface area contributed by atoms with Crippen LogP contribution in [0.5, 0.6) is 5.75 Å². The molecule has 10 nitrogen and oxygen atoms in total. The van der Waals surface area contributed by atoms with Crippen LogP contribution in [0.2, 0.25) is 0 Å². The normalized spacial score (nSPS) is 10.8. The molecule has 0 aliphatic heterocycles.